The minimum atomic E-state index is -0.910. The quantitative estimate of drug-likeness (QED) is 0.659. The number of hydrogen-bond donors (Lipinski definition) is 2. The Kier molecular flexibility index (Phi) is 8.06. The second-order valence-corrected chi connectivity index (χ2v) is 5.27. The lowest BCUT2D eigenvalue weighted by Crippen LogP contribution is -2.53. The van der Waals surface area contributed by atoms with Crippen LogP contribution in [0.1, 0.15) is 34.1 Å². The molecule has 7 heteroatoms. The van der Waals surface area contributed by atoms with E-state index in [1.165, 1.54) is 14.0 Å². The molecule has 21 heavy (non-hydrogen) atoms. The van der Waals surface area contributed by atoms with E-state index in [1.807, 2.05) is 6.07 Å². The van der Waals surface area contributed by atoms with Gasteiger partial charge in [-0.3, -0.25) is 9.59 Å². The van der Waals surface area contributed by atoms with Crippen molar-refractivity contribution in [2.75, 3.05) is 7.11 Å². The summed E-state index contributed by atoms with van der Waals surface area (Å²) in [5, 5.41) is 13.9. The Morgan fingerprint density at radius 3 is 2.14 bits per heavy atom. The van der Waals surface area contributed by atoms with Gasteiger partial charge in [-0.25, -0.2) is 4.79 Å². The standard InChI is InChI=1S/C14H23N3O4/c1-8(2)12(16-10(4)18)13(19)17-11(14(20)21-5)6-9(3)7-15/h8-9,11-12H,6H2,1-5H3,(H,16,18)(H,17,19)/t9-,11-,12-/m1/s1. The van der Waals surface area contributed by atoms with Gasteiger partial charge in [0.2, 0.25) is 11.8 Å². The number of esters is 1. The predicted molar refractivity (Wildman–Crippen MR) is 75.8 cm³/mol. The second-order valence-electron chi connectivity index (χ2n) is 5.27. The van der Waals surface area contributed by atoms with Gasteiger partial charge in [0, 0.05) is 12.8 Å². The van der Waals surface area contributed by atoms with Crippen LogP contribution in [0.25, 0.3) is 0 Å². The van der Waals surface area contributed by atoms with Crippen LogP contribution in [0.4, 0.5) is 0 Å². The Labute approximate surface area is 125 Å². The number of ether oxygens (including phenoxy) is 1. The molecule has 0 aromatic heterocycles. The number of nitrogens with zero attached hydrogens (tertiary/aromatic N) is 1. The summed E-state index contributed by atoms with van der Waals surface area (Å²) >= 11 is 0. The average molecular weight is 297 g/mol. The predicted octanol–water partition coefficient (Wildman–Crippen LogP) is 0.355. The minimum Gasteiger partial charge on any atom is -0.467 e. The molecule has 0 fully saturated rings. The Hall–Kier alpha value is -2.10. The first-order chi connectivity index (χ1) is 9.72. The zero-order chi connectivity index (χ0) is 16.6. The van der Waals surface area contributed by atoms with Crippen molar-refractivity contribution in [1.82, 2.24) is 10.6 Å². The highest BCUT2D eigenvalue weighted by atomic mass is 16.5. The van der Waals surface area contributed by atoms with Crippen LogP contribution in [0, 0.1) is 23.2 Å². The molecule has 0 aliphatic heterocycles. The van der Waals surface area contributed by atoms with Crippen LogP contribution in [0.5, 0.6) is 0 Å². The van der Waals surface area contributed by atoms with Gasteiger partial charge < -0.3 is 15.4 Å². The number of carbonyl (C=O) groups excluding carboxylic acids is 3. The highest BCUT2D eigenvalue weighted by Gasteiger charge is 2.29. The van der Waals surface area contributed by atoms with Crippen molar-refractivity contribution >= 4 is 17.8 Å². The van der Waals surface area contributed by atoms with Crippen LogP contribution < -0.4 is 10.6 Å². The van der Waals surface area contributed by atoms with Crippen LogP contribution in [-0.2, 0) is 19.1 Å². The molecule has 0 saturated carbocycles. The molecular formula is C14H23N3O4. The average Bonchev–Trinajstić information content (AvgIpc) is 2.42. The SMILES string of the molecule is COC(=O)[C@@H](C[C@@H](C)C#N)NC(=O)[C@H](NC(C)=O)C(C)C. The van der Waals surface area contributed by atoms with Crippen molar-refractivity contribution in [1.29, 1.82) is 5.26 Å². The molecular weight excluding hydrogens is 274 g/mol. The lowest BCUT2D eigenvalue weighted by Gasteiger charge is -2.24. The Balaban J connectivity index is 4.96. The highest BCUT2D eigenvalue weighted by Crippen LogP contribution is 2.08. The summed E-state index contributed by atoms with van der Waals surface area (Å²) in [6, 6.07) is 0.349. The number of hydrogen-bond acceptors (Lipinski definition) is 5. The lowest BCUT2D eigenvalue weighted by atomic mass is 10.00. The molecule has 2 amide bonds. The van der Waals surface area contributed by atoms with Crippen LogP contribution in [-0.4, -0.2) is 37.0 Å². The second kappa shape index (κ2) is 8.95. The molecule has 0 saturated heterocycles. The van der Waals surface area contributed by atoms with Gasteiger partial charge in [0.15, 0.2) is 0 Å². The fraction of sp³-hybridized carbons (Fsp3) is 0.714. The van der Waals surface area contributed by atoms with Gasteiger partial charge in [-0.2, -0.15) is 5.26 Å². The monoisotopic (exact) mass is 297 g/mol. The van der Waals surface area contributed by atoms with Crippen LogP contribution in [0.15, 0.2) is 0 Å². The molecule has 0 aromatic rings. The maximum absolute atomic E-state index is 12.2. The number of nitriles is 1. The zero-order valence-electron chi connectivity index (χ0n) is 13.1. The third kappa shape index (κ3) is 6.75. The van der Waals surface area contributed by atoms with Gasteiger partial charge in [0.25, 0.3) is 0 Å². The van der Waals surface area contributed by atoms with E-state index < -0.39 is 29.9 Å². The summed E-state index contributed by atoms with van der Waals surface area (Å²) in [6.07, 6.45) is 0.153. The number of nitrogens with one attached hydrogen (secondary N) is 2. The Morgan fingerprint density at radius 2 is 1.76 bits per heavy atom. The van der Waals surface area contributed by atoms with Crippen LogP contribution in [0.2, 0.25) is 0 Å². The van der Waals surface area contributed by atoms with Gasteiger partial charge in [-0.1, -0.05) is 13.8 Å². The number of amides is 2. The topological polar surface area (TPSA) is 108 Å². The summed E-state index contributed by atoms with van der Waals surface area (Å²) in [5.41, 5.74) is 0. The fourth-order valence-electron chi connectivity index (χ4n) is 1.78. The number of carbonyl (C=O) groups is 3. The van der Waals surface area contributed by atoms with Gasteiger partial charge in [-0.15, -0.1) is 0 Å². The first-order valence-corrected chi connectivity index (χ1v) is 6.77. The third-order valence-corrected chi connectivity index (χ3v) is 2.92. The van der Waals surface area contributed by atoms with Crippen molar-refractivity contribution in [3.05, 3.63) is 0 Å². The molecule has 0 bridgehead atoms. The summed E-state index contributed by atoms with van der Waals surface area (Å²) in [6.45, 7) is 6.53. The number of rotatable bonds is 7. The molecule has 0 unspecified atom stereocenters. The van der Waals surface area contributed by atoms with Gasteiger partial charge in [0.05, 0.1) is 13.2 Å². The molecule has 0 aliphatic rings. The maximum atomic E-state index is 12.2. The van der Waals surface area contributed by atoms with E-state index in [2.05, 4.69) is 15.4 Å². The molecule has 0 radical (unpaired) electrons. The first-order valence-electron chi connectivity index (χ1n) is 6.77. The smallest absolute Gasteiger partial charge is 0.328 e. The maximum Gasteiger partial charge on any atom is 0.328 e. The Bertz CT molecular complexity index is 428. The Morgan fingerprint density at radius 1 is 1.19 bits per heavy atom. The minimum absolute atomic E-state index is 0.138. The third-order valence-electron chi connectivity index (χ3n) is 2.92. The molecule has 7 nitrogen and oxygen atoms in total. The van der Waals surface area contributed by atoms with Gasteiger partial charge >= 0.3 is 5.97 Å². The summed E-state index contributed by atoms with van der Waals surface area (Å²) in [4.78, 5) is 35.0. The molecule has 0 spiro atoms. The van der Waals surface area contributed by atoms with Gasteiger partial charge in [0.1, 0.15) is 12.1 Å². The van der Waals surface area contributed by atoms with Crippen molar-refractivity contribution < 1.29 is 19.1 Å². The summed E-state index contributed by atoms with van der Waals surface area (Å²) in [5.74, 6) is -1.96. The molecule has 0 aliphatic carbocycles. The van der Waals surface area contributed by atoms with E-state index in [4.69, 9.17) is 5.26 Å². The van der Waals surface area contributed by atoms with Crippen LogP contribution in [0.3, 0.4) is 0 Å². The van der Waals surface area contributed by atoms with E-state index >= 15 is 0 Å². The van der Waals surface area contributed by atoms with E-state index in [-0.39, 0.29) is 18.2 Å². The molecule has 0 rings (SSSR count). The zero-order valence-corrected chi connectivity index (χ0v) is 13.1. The fourth-order valence-corrected chi connectivity index (χ4v) is 1.78. The van der Waals surface area contributed by atoms with Crippen molar-refractivity contribution in [2.24, 2.45) is 11.8 Å². The van der Waals surface area contributed by atoms with Crippen molar-refractivity contribution in [3.63, 3.8) is 0 Å². The highest BCUT2D eigenvalue weighted by molar-refractivity contribution is 5.90. The molecule has 2 N–H and O–H groups in total. The van der Waals surface area contributed by atoms with Crippen molar-refractivity contribution in [2.45, 2.75) is 46.2 Å². The number of methoxy groups -OCH3 is 1. The molecule has 0 aromatic carbocycles. The van der Waals surface area contributed by atoms with Crippen molar-refractivity contribution in [3.8, 4) is 6.07 Å². The summed E-state index contributed by atoms with van der Waals surface area (Å²) in [7, 11) is 1.21. The van der Waals surface area contributed by atoms with E-state index in [1.54, 1.807) is 20.8 Å². The normalized spacial score (nSPS) is 14.5. The first kappa shape index (κ1) is 18.9. The van der Waals surface area contributed by atoms with E-state index in [0.29, 0.717) is 0 Å². The molecule has 0 heterocycles. The molecule has 118 valence electrons. The van der Waals surface area contributed by atoms with Gasteiger partial charge in [-0.05, 0) is 19.3 Å². The summed E-state index contributed by atoms with van der Waals surface area (Å²) < 4.78 is 4.63. The largest absolute Gasteiger partial charge is 0.467 e. The molecule has 3 atom stereocenters. The van der Waals surface area contributed by atoms with E-state index in [0.717, 1.165) is 0 Å². The van der Waals surface area contributed by atoms with E-state index in [9.17, 15) is 14.4 Å². The van der Waals surface area contributed by atoms with Crippen LogP contribution >= 0.6 is 0 Å². The lowest BCUT2D eigenvalue weighted by molar-refractivity contribution is -0.146.